The number of Topliss-reactive ketones (excluding diaryl/α,β-unsaturated/α-hetero) is 1. The number of carbonyl (C=O) groups excluding carboxylic acids is 1. The number of rotatable bonds is 5. The lowest BCUT2D eigenvalue weighted by Gasteiger charge is -2.61. The Hall–Kier alpha value is -1.14. The van der Waals surface area contributed by atoms with Gasteiger partial charge in [-0.1, -0.05) is 13.8 Å². The van der Waals surface area contributed by atoms with E-state index in [1.807, 2.05) is 6.92 Å². The summed E-state index contributed by atoms with van der Waals surface area (Å²) >= 11 is 0. The molecule has 10 heteroatoms. The molecule has 210 valence electrons. The summed E-state index contributed by atoms with van der Waals surface area (Å²) in [6.45, 7) is 3.78. The first-order chi connectivity index (χ1) is 17.3. The van der Waals surface area contributed by atoms with Crippen LogP contribution in [0, 0.1) is 34.5 Å². The molecule has 13 atom stereocenters. The number of ether oxygens (including phenoxy) is 2. The standard InChI is InChI=1S/C27H42O10/c1-25-8-5-14(28)11-13(25)3-4-15-16(25)6-9-26(2)17(15)7-10-27(26,35)18(29)12-36-24-21(32)19(30)20(31)22(37-24)23(33)34/h13-17,19-22,24,28,30-32,35H,3-12H2,1-2H3,(H,33,34)/t13?,14-,15-,16+,17+,19+,20+,21-,22+,24-,25+,26+,27+/m1/s1. The zero-order valence-corrected chi connectivity index (χ0v) is 21.7. The molecule has 6 N–H and O–H groups in total. The number of carbonyl (C=O) groups is 2. The van der Waals surface area contributed by atoms with Gasteiger partial charge in [-0.2, -0.15) is 0 Å². The van der Waals surface area contributed by atoms with Gasteiger partial charge in [0.05, 0.1) is 6.10 Å². The number of aliphatic carboxylic acids is 1. The van der Waals surface area contributed by atoms with Crippen molar-refractivity contribution in [2.24, 2.45) is 34.5 Å². The second-order valence-corrected chi connectivity index (χ2v) is 12.9. The van der Waals surface area contributed by atoms with Gasteiger partial charge < -0.3 is 40.1 Å². The Balaban J connectivity index is 1.28. The highest BCUT2D eigenvalue weighted by atomic mass is 16.7. The highest BCUT2D eigenvalue weighted by Crippen LogP contribution is 2.68. The molecule has 1 saturated heterocycles. The third-order valence-corrected chi connectivity index (χ3v) is 11.4. The molecule has 5 rings (SSSR count). The van der Waals surface area contributed by atoms with Gasteiger partial charge in [0, 0.05) is 5.41 Å². The predicted molar refractivity (Wildman–Crippen MR) is 128 cm³/mol. The van der Waals surface area contributed by atoms with Gasteiger partial charge in [-0.15, -0.1) is 0 Å². The maximum absolute atomic E-state index is 13.5. The Bertz CT molecular complexity index is 912. The fraction of sp³-hybridized carbons (Fsp3) is 0.926. The highest BCUT2D eigenvalue weighted by Gasteiger charge is 2.66. The summed E-state index contributed by atoms with van der Waals surface area (Å²) in [6, 6.07) is 0. The van der Waals surface area contributed by atoms with Crippen LogP contribution < -0.4 is 0 Å². The monoisotopic (exact) mass is 526 g/mol. The summed E-state index contributed by atoms with van der Waals surface area (Å²) in [5.41, 5.74) is -2.07. The smallest absolute Gasteiger partial charge is 0.335 e. The van der Waals surface area contributed by atoms with E-state index in [1.165, 1.54) is 0 Å². The van der Waals surface area contributed by atoms with Crippen LogP contribution in [0.3, 0.4) is 0 Å². The van der Waals surface area contributed by atoms with Gasteiger partial charge in [-0.05, 0) is 86.9 Å². The van der Waals surface area contributed by atoms with E-state index in [-0.39, 0.29) is 17.4 Å². The SMILES string of the molecule is C[C@]12CC[C@@H](O)CC1CC[C@@H]1[C@@H]2CC[C@@]2(C)[C@H]1CC[C@]2(O)C(=O)CO[C@@H]1O[C@H](C(=O)O)[C@@H](O)[C@H](O)[C@H]1O. The second kappa shape index (κ2) is 9.50. The van der Waals surface area contributed by atoms with Crippen molar-refractivity contribution in [3.8, 4) is 0 Å². The zero-order chi connectivity index (χ0) is 26.9. The van der Waals surface area contributed by atoms with Crippen molar-refractivity contribution in [1.82, 2.24) is 0 Å². The lowest BCUT2D eigenvalue weighted by Crippen LogP contribution is -2.61. The lowest BCUT2D eigenvalue weighted by molar-refractivity contribution is -0.293. The van der Waals surface area contributed by atoms with Crippen LogP contribution in [-0.4, -0.2) is 91.4 Å². The molecule has 0 spiro atoms. The number of carboxylic acids is 1. The van der Waals surface area contributed by atoms with Crippen LogP contribution in [-0.2, 0) is 19.1 Å². The molecule has 0 radical (unpaired) electrons. The third-order valence-electron chi connectivity index (χ3n) is 11.4. The summed E-state index contributed by atoms with van der Waals surface area (Å²) in [7, 11) is 0. The summed E-state index contributed by atoms with van der Waals surface area (Å²) in [5, 5.41) is 61.4. The van der Waals surface area contributed by atoms with E-state index in [2.05, 4.69) is 6.92 Å². The van der Waals surface area contributed by atoms with Crippen molar-refractivity contribution >= 4 is 11.8 Å². The number of ketones is 1. The van der Waals surface area contributed by atoms with Gasteiger partial charge >= 0.3 is 5.97 Å². The number of hydrogen-bond acceptors (Lipinski definition) is 9. The number of fused-ring (bicyclic) bond motifs is 5. The van der Waals surface area contributed by atoms with Gasteiger partial charge in [-0.25, -0.2) is 4.79 Å². The Morgan fingerprint density at radius 3 is 2.30 bits per heavy atom. The van der Waals surface area contributed by atoms with Crippen LogP contribution in [0.4, 0.5) is 0 Å². The van der Waals surface area contributed by atoms with Crippen molar-refractivity contribution in [1.29, 1.82) is 0 Å². The van der Waals surface area contributed by atoms with Gasteiger partial charge in [-0.3, -0.25) is 4.79 Å². The fourth-order valence-electron chi connectivity index (χ4n) is 9.18. The molecular formula is C27H42O10. The third kappa shape index (κ3) is 4.10. The first kappa shape index (κ1) is 27.4. The van der Waals surface area contributed by atoms with Crippen LogP contribution in [0.5, 0.6) is 0 Å². The minimum absolute atomic E-state index is 0.178. The molecule has 0 aromatic carbocycles. The first-order valence-corrected chi connectivity index (χ1v) is 13.8. The van der Waals surface area contributed by atoms with Crippen LogP contribution in [0.2, 0.25) is 0 Å². The molecule has 0 bridgehead atoms. The van der Waals surface area contributed by atoms with Crippen molar-refractivity contribution in [3.05, 3.63) is 0 Å². The fourth-order valence-corrected chi connectivity index (χ4v) is 9.18. The second-order valence-electron chi connectivity index (χ2n) is 12.9. The molecule has 0 amide bonds. The van der Waals surface area contributed by atoms with Crippen LogP contribution in [0.15, 0.2) is 0 Å². The molecule has 0 aromatic heterocycles. The van der Waals surface area contributed by atoms with Crippen molar-refractivity contribution < 1.29 is 49.7 Å². The van der Waals surface area contributed by atoms with E-state index < -0.39 is 60.1 Å². The Morgan fingerprint density at radius 1 is 0.892 bits per heavy atom. The summed E-state index contributed by atoms with van der Waals surface area (Å²) < 4.78 is 10.5. The Kier molecular flexibility index (Phi) is 7.04. The molecule has 4 aliphatic carbocycles. The topological polar surface area (TPSA) is 174 Å². The van der Waals surface area contributed by atoms with Crippen LogP contribution in [0.25, 0.3) is 0 Å². The highest BCUT2D eigenvalue weighted by molar-refractivity contribution is 5.89. The number of carboxylic acid groups (broad SMARTS) is 1. The molecule has 10 nitrogen and oxygen atoms in total. The molecule has 1 heterocycles. The molecule has 5 aliphatic rings. The molecular weight excluding hydrogens is 484 g/mol. The maximum atomic E-state index is 13.5. The average Bonchev–Trinajstić information content (AvgIpc) is 3.14. The van der Waals surface area contributed by atoms with E-state index in [0.29, 0.717) is 30.6 Å². The molecule has 1 unspecified atom stereocenters. The Morgan fingerprint density at radius 2 is 1.59 bits per heavy atom. The van der Waals surface area contributed by atoms with Gasteiger partial charge in [0.2, 0.25) is 0 Å². The molecule has 5 fully saturated rings. The molecule has 4 saturated carbocycles. The van der Waals surface area contributed by atoms with Crippen molar-refractivity contribution in [2.45, 2.75) is 114 Å². The maximum Gasteiger partial charge on any atom is 0.335 e. The molecule has 0 aromatic rings. The predicted octanol–water partition coefficient (Wildman–Crippen LogP) is 0.599. The normalized spacial score (nSPS) is 53.6. The minimum Gasteiger partial charge on any atom is -0.479 e. The zero-order valence-electron chi connectivity index (χ0n) is 21.7. The summed E-state index contributed by atoms with van der Waals surface area (Å²) in [4.78, 5) is 24.8. The van der Waals surface area contributed by atoms with E-state index >= 15 is 0 Å². The number of aliphatic hydroxyl groups excluding tert-OH is 4. The van der Waals surface area contributed by atoms with E-state index in [1.54, 1.807) is 0 Å². The van der Waals surface area contributed by atoms with Crippen LogP contribution >= 0.6 is 0 Å². The quantitative estimate of drug-likeness (QED) is 0.298. The summed E-state index contributed by atoms with van der Waals surface area (Å²) in [5.74, 6) is -0.445. The summed E-state index contributed by atoms with van der Waals surface area (Å²) in [6.07, 6.45) is -1.58. The van der Waals surface area contributed by atoms with Gasteiger partial charge in [0.1, 0.15) is 30.5 Å². The molecule has 1 aliphatic heterocycles. The average molecular weight is 527 g/mol. The largest absolute Gasteiger partial charge is 0.479 e. The lowest BCUT2D eigenvalue weighted by atomic mass is 9.44. The number of hydrogen-bond donors (Lipinski definition) is 6. The van der Waals surface area contributed by atoms with E-state index in [9.17, 15) is 40.2 Å². The molecule has 37 heavy (non-hydrogen) atoms. The minimum atomic E-state index is -1.85. The van der Waals surface area contributed by atoms with Crippen molar-refractivity contribution in [2.75, 3.05) is 6.61 Å². The van der Waals surface area contributed by atoms with Crippen molar-refractivity contribution in [3.63, 3.8) is 0 Å². The van der Waals surface area contributed by atoms with Crippen LogP contribution in [0.1, 0.15) is 71.6 Å². The first-order valence-electron chi connectivity index (χ1n) is 13.8. The van der Waals surface area contributed by atoms with Gasteiger partial charge in [0.25, 0.3) is 0 Å². The Labute approximate surface area is 217 Å². The van der Waals surface area contributed by atoms with Gasteiger partial charge in [0.15, 0.2) is 18.2 Å². The van der Waals surface area contributed by atoms with E-state index in [0.717, 1.165) is 44.9 Å². The number of aliphatic hydroxyl groups is 5. The van der Waals surface area contributed by atoms with E-state index in [4.69, 9.17) is 9.47 Å².